The molecule has 2 heterocycles. The van der Waals surface area contributed by atoms with Gasteiger partial charge in [-0.05, 0) is 37.6 Å². The van der Waals surface area contributed by atoms with Crippen LogP contribution in [0.1, 0.15) is 39.5 Å². The van der Waals surface area contributed by atoms with E-state index in [0.717, 1.165) is 5.25 Å². The fraction of sp³-hybridized carbons (Fsp3) is 1.00. The molecule has 0 amide bonds. The van der Waals surface area contributed by atoms with Crippen molar-refractivity contribution in [3.63, 3.8) is 0 Å². The summed E-state index contributed by atoms with van der Waals surface area (Å²) in [7, 11) is 0. The van der Waals surface area contributed by atoms with Crippen LogP contribution in [0.15, 0.2) is 0 Å². The normalized spacial score (nSPS) is 36.0. The zero-order valence-electron chi connectivity index (χ0n) is 11.5. The molecule has 0 spiro atoms. The third-order valence-corrected chi connectivity index (χ3v) is 5.92. The Bertz CT molecular complexity index is 226. The van der Waals surface area contributed by atoms with E-state index in [1.807, 2.05) is 0 Å². The van der Waals surface area contributed by atoms with E-state index in [1.54, 1.807) is 0 Å². The maximum Gasteiger partial charge on any atom is 0.0172 e. The van der Waals surface area contributed by atoms with Gasteiger partial charge in [0.1, 0.15) is 0 Å². The van der Waals surface area contributed by atoms with Crippen LogP contribution in [-0.4, -0.2) is 48.6 Å². The van der Waals surface area contributed by atoms with E-state index in [2.05, 4.69) is 35.8 Å². The van der Waals surface area contributed by atoms with Crippen LogP contribution < -0.4 is 5.32 Å². The molecule has 2 aliphatic rings. The Balaban J connectivity index is 1.88. The Hall–Kier alpha value is 0.270. The second kappa shape index (κ2) is 6.44. The minimum absolute atomic E-state index is 0.568. The van der Waals surface area contributed by atoms with Gasteiger partial charge in [-0.1, -0.05) is 13.8 Å². The lowest BCUT2D eigenvalue weighted by molar-refractivity contribution is 0.114. The molecule has 1 N–H and O–H groups in total. The highest BCUT2D eigenvalue weighted by molar-refractivity contribution is 8.00. The molecule has 17 heavy (non-hydrogen) atoms. The van der Waals surface area contributed by atoms with Gasteiger partial charge in [-0.15, -0.1) is 0 Å². The van der Waals surface area contributed by atoms with Crippen LogP contribution in [0.4, 0.5) is 0 Å². The second-order valence-electron chi connectivity index (χ2n) is 5.77. The van der Waals surface area contributed by atoms with Crippen LogP contribution in [0.2, 0.25) is 0 Å². The zero-order chi connectivity index (χ0) is 12.1. The monoisotopic (exact) mass is 256 g/mol. The van der Waals surface area contributed by atoms with Gasteiger partial charge in [-0.3, -0.25) is 0 Å². The van der Waals surface area contributed by atoms with Crippen molar-refractivity contribution >= 4 is 11.8 Å². The summed E-state index contributed by atoms with van der Waals surface area (Å²) >= 11 is 2.18. The minimum Gasteiger partial charge on any atom is -0.316 e. The van der Waals surface area contributed by atoms with E-state index >= 15 is 0 Å². The summed E-state index contributed by atoms with van der Waals surface area (Å²) in [6.45, 7) is 11.1. The smallest absolute Gasteiger partial charge is 0.0172 e. The van der Waals surface area contributed by atoms with Crippen molar-refractivity contribution in [2.24, 2.45) is 5.41 Å². The molecule has 0 saturated carbocycles. The second-order valence-corrected chi connectivity index (χ2v) is 7.18. The van der Waals surface area contributed by atoms with Crippen LogP contribution in [-0.2, 0) is 0 Å². The maximum atomic E-state index is 3.61. The topological polar surface area (TPSA) is 15.3 Å². The first-order valence-corrected chi connectivity index (χ1v) is 8.37. The van der Waals surface area contributed by atoms with E-state index in [1.165, 1.54) is 64.2 Å². The molecule has 3 heteroatoms. The number of hydrogen-bond donors (Lipinski definition) is 1. The van der Waals surface area contributed by atoms with Crippen molar-refractivity contribution in [1.29, 1.82) is 0 Å². The lowest BCUT2D eigenvalue weighted by Crippen LogP contribution is -2.50. The summed E-state index contributed by atoms with van der Waals surface area (Å²) in [5.74, 6) is 1.34. The summed E-state index contributed by atoms with van der Waals surface area (Å²) in [5.41, 5.74) is 0.568. The molecule has 2 rings (SSSR count). The van der Waals surface area contributed by atoms with E-state index in [-0.39, 0.29) is 0 Å². The first-order chi connectivity index (χ1) is 8.28. The molecule has 2 nitrogen and oxygen atoms in total. The summed E-state index contributed by atoms with van der Waals surface area (Å²) in [6, 6.07) is 0. The van der Waals surface area contributed by atoms with Crippen molar-refractivity contribution in [2.75, 3.05) is 38.5 Å². The molecular formula is C14H28N2S. The van der Waals surface area contributed by atoms with Gasteiger partial charge in [0.05, 0.1) is 0 Å². The summed E-state index contributed by atoms with van der Waals surface area (Å²) in [4.78, 5) is 2.74. The largest absolute Gasteiger partial charge is 0.316 e. The number of hydrogen-bond acceptors (Lipinski definition) is 3. The van der Waals surface area contributed by atoms with Crippen molar-refractivity contribution in [1.82, 2.24) is 10.2 Å². The van der Waals surface area contributed by atoms with Crippen LogP contribution in [0.3, 0.4) is 0 Å². The standard InChI is InChI=1S/C14H28N2S/c1-3-13-10-16(8-9-17-13)12-14(4-2)6-5-7-15-11-14/h13,15H,3-12H2,1-2H3. The van der Waals surface area contributed by atoms with E-state index in [0.29, 0.717) is 5.41 Å². The third kappa shape index (κ3) is 3.62. The molecule has 2 aliphatic heterocycles. The molecule has 2 unspecified atom stereocenters. The van der Waals surface area contributed by atoms with Gasteiger partial charge in [0.2, 0.25) is 0 Å². The molecule has 2 atom stereocenters. The van der Waals surface area contributed by atoms with Crippen molar-refractivity contribution in [3.8, 4) is 0 Å². The number of rotatable bonds is 4. The predicted molar refractivity (Wildman–Crippen MR) is 77.8 cm³/mol. The number of piperidine rings is 1. The third-order valence-electron chi connectivity index (χ3n) is 4.55. The van der Waals surface area contributed by atoms with Gasteiger partial charge >= 0.3 is 0 Å². The molecule has 2 fully saturated rings. The van der Waals surface area contributed by atoms with Gasteiger partial charge in [0.15, 0.2) is 0 Å². The number of nitrogens with zero attached hydrogens (tertiary/aromatic N) is 1. The Morgan fingerprint density at radius 3 is 2.94 bits per heavy atom. The van der Waals surface area contributed by atoms with Crippen molar-refractivity contribution in [2.45, 2.75) is 44.8 Å². The molecule has 0 bridgehead atoms. The molecule has 0 aromatic rings. The lowest BCUT2D eigenvalue weighted by atomic mass is 9.78. The quantitative estimate of drug-likeness (QED) is 0.832. The summed E-state index contributed by atoms with van der Waals surface area (Å²) in [6.07, 6.45) is 5.46. The van der Waals surface area contributed by atoms with Gasteiger partial charge < -0.3 is 10.2 Å². The first-order valence-electron chi connectivity index (χ1n) is 7.33. The van der Waals surface area contributed by atoms with Gasteiger partial charge in [0.25, 0.3) is 0 Å². The van der Waals surface area contributed by atoms with Crippen LogP contribution in [0.25, 0.3) is 0 Å². The fourth-order valence-corrected chi connectivity index (χ4v) is 4.47. The predicted octanol–water partition coefficient (Wildman–Crippen LogP) is 2.59. The average molecular weight is 256 g/mol. The summed E-state index contributed by atoms with van der Waals surface area (Å²) in [5, 5.41) is 4.49. The molecule has 0 aromatic heterocycles. The molecule has 0 aromatic carbocycles. The van der Waals surface area contributed by atoms with Crippen LogP contribution in [0, 0.1) is 5.41 Å². The van der Waals surface area contributed by atoms with Gasteiger partial charge in [-0.25, -0.2) is 0 Å². The Morgan fingerprint density at radius 1 is 1.41 bits per heavy atom. The van der Waals surface area contributed by atoms with E-state index < -0.39 is 0 Å². The van der Waals surface area contributed by atoms with Gasteiger partial charge in [0, 0.05) is 37.2 Å². The highest BCUT2D eigenvalue weighted by Gasteiger charge is 2.33. The van der Waals surface area contributed by atoms with Crippen LogP contribution in [0.5, 0.6) is 0 Å². The van der Waals surface area contributed by atoms with E-state index in [9.17, 15) is 0 Å². The average Bonchev–Trinajstić information content (AvgIpc) is 2.40. The molecule has 0 radical (unpaired) electrons. The lowest BCUT2D eigenvalue weighted by Gasteiger charge is -2.43. The van der Waals surface area contributed by atoms with E-state index in [4.69, 9.17) is 0 Å². The number of thioether (sulfide) groups is 1. The molecule has 2 saturated heterocycles. The highest BCUT2D eigenvalue weighted by Crippen LogP contribution is 2.32. The molecule has 0 aliphatic carbocycles. The highest BCUT2D eigenvalue weighted by atomic mass is 32.2. The number of nitrogens with one attached hydrogen (secondary N) is 1. The Morgan fingerprint density at radius 2 is 2.29 bits per heavy atom. The zero-order valence-corrected chi connectivity index (χ0v) is 12.3. The maximum absolute atomic E-state index is 3.61. The van der Waals surface area contributed by atoms with Crippen molar-refractivity contribution in [3.05, 3.63) is 0 Å². The fourth-order valence-electron chi connectivity index (χ4n) is 3.22. The van der Waals surface area contributed by atoms with Crippen molar-refractivity contribution < 1.29 is 0 Å². The minimum atomic E-state index is 0.568. The first kappa shape index (κ1) is 13.7. The Labute approximate surface area is 111 Å². The van der Waals surface area contributed by atoms with Crippen LogP contribution >= 0.6 is 11.8 Å². The Kier molecular flexibility index (Phi) is 5.19. The SMILES string of the molecule is CCC1CN(CC2(CC)CCCNC2)CCS1. The molecular weight excluding hydrogens is 228 g/mol. The molecule has 100 valence electrons. The summed E-state index contributed by atoms with van der Waals surface area (Å²) < 4.78 is 0. The van der Waals surface area contributed by atoms with Gasteiger partial charge in [-0.2, -0.15) is 11.8 Å².